The standard InChI is InChI=1S/C20H21FN2O3/c1-23-17-7-4-6-16(20(17)26-13-19(23)25)22-18(24)8-3-2-5-14-9-11-15(21)12-10-14/h4,6-7,9-12H,2-3,5,8,13H2,1H3,(H,22,24). The summed E-state index contributed by atoms with van der Waals surface area (Å²) in [6.45, 7) is -0.0337. The molecule has 1 N–H and O–H groups in total. The van der Waals surface area contributed by atoms with Gasteiger partial charge in [-0.3, -0.25) is 9.59 Å². The molecule has 0 bridgehead atoms. The SMILES string of the molecule is CN1C(=O)COc2c(NC(=O)CCCCc3ccc(F)cc3)cccc21. The van der Waals surface area contributed by atoms with Gasteiger partial charge in [-0.15, -0.1) is 0 Å². The van der Waals surface area contributed by atoms with Crippen LogP contribution in [0.3, 0.4) is 0 Å². The first kappa shape index (κ1) is 17.9. The van der Waals surface area contributed by atoms with Gasteiger partial charge in [0.2, 0.25) is 5.91 Å². The Hall–Kier alpha value is -2.89. The first-order valence-electron chi connectivity index (χ1n) is 8.61. The second-order valence-corrected chi connectivity index (χ2v) is 6.28. The van der Waals surface area contributed by atoms with Gasteiger partial charge in [0.15, 0.2) is 12.4 Å². The van der Waals surface area contributed by atoms with E-state index in [1.54, 1.807) is 37.4 Å². The number of unbranched alkanes of at least 4 members (excludes halogenated alkanes) is 1. The fourth-order valence-corrected chi connectivity index (χ4v) is 2.88. The third kappa shape index (κ3) is 4.20. The van der Waals surface area contributed by atoms with Crippen molar-refractivity contribution in [3.8, 4) is 5.75 Å². The van der Waals surface area contributed by atoms with Crippen molar-refractivity contribution in [1.29, 1.82) is 0 Å². The Bertz CT molecular complexity index is 805. The lowest BCUT2D eigenvalue weighted by Gasteiger charge is -2.27. The zero-order valence-electron chi connectivity index (χ0n) is 14.6. The molecule has 0 atom stereocenters. The Morgan fingerprint density at radius 2 is 1.96 bits per heavy atom. The minimum atomic E-state index is -0.242. The summed E-state index contributed by atoms with van der Waals surface area (Å²) in [7, 11) is 1.69. The van der Waals surface area contributed by atoms with Crippen LogP contribution in [0.25, 0.3) is 0 Å². The molecule has 0 aromatic heterocycles. The topological polar surface area (TPSA) is 58.6 Å². The predicted molar refractivity (Wildman–Crippen MR) is 97.9 cm³/mol. The molecule has 1 aliphatic rings. The number of nitrogens with zero attached hydrogens (tertiary/aromatic N) is 1. The van der Waals surface area contributed by atoms with Gasteiger partial charge in [0, 0.05) is 13.5 Å². The van der Waals surface area contributed by atoms with E-state index in [0.717, 1.165) is 24.8 Å². The molecule has 136 valence electrons. The van der Waals surface area contributed by atoms with Crippen LogP contribution in [0.4, 0.5) is 15.8 Å². The van der Waals surface area contributed by atoms with Crippen LogP contribution in [0, 0.1) is 5.82 Å². The van der Waals surface area contributed by atoms with Crippen LogP contribution in [-0.4, -0.2) is 25.5 Å². The summed E-state index contributed by atoms with van der Waals surface area (Å²) in [5, 5.41) is 2.86. The molecule has 0 spiro atoms. The molecular formula is C20H21FN2O3. The van der Waals surface area contributed by atoms with E-state index in [1.807, 2.05) is 0 Å². The number of hydrogen-bond acceptors (Lipinski definition) is 3. The van der Waals surface area contributed by atoms with Gasteiger partial charge in [-0.25, -0.2) is 4.39 Å². The normalized spacial score (nSPS) is 13.2. The Labute approximate surface area is 151 Å². The zero-order chi connectivity index (χ0) is 18.5. The molecule has 3 rings (SSSR count). The molecule has 2 amide bonds. The van der Waals surface area contributed by atoms with Crippen LogP contribution in [-0.2, 0) is 16.0 Å². The Morgan fingerprint density at radius 3 is 2.73 bits per heavy atom. The third-order valence-electron chi connectivity index (χ3n) is 4.38. The van der Waals surface area contributed by atoms with E-state index in [2.05, 4.69) is 5.32 Å². The highest BCUT2D eigenvalue weighted by Gasteiger charge is 2.24. The average Bonchev–Trinajstić information content (AvgIpc) is 2.64. The van der Waals surface area contributed by atoms with Crippen molar-refractivity contribution in [3.63, 3.8) is 0 Å². The molecule has 26 heavy (non-hydrogen) atoms. The molecule has 1 heterocycles. The Morgan fingerprint density at radius 1 is 1.19 bits per heavy atom. The zero-order valence-corrected chi connectivity index (χ0v) is 14.6. The number of likely N-dealkylation sites (N-methyl/N-ethyl adjacent to an activating group) is 1. The van der Waals surface area contributed by atoms with E-state index in [9.17, 15) is 14.0 Å². The van der Waals surface area contributed by atoms with Gasteiger partial charge in [0.1, 0.15) is 5.82 Å². The van der Waals surface area contributed by atoms with Gasteiger partial charge in [-0.05, 0) is 49.1 Å². The summed E-state index contributed by atoms with van der Waals surface area (Å²) < 4.78 is 18.4. The molecule has 2 aromatic carbocycles. The maximum atomic E-state index is 12.9. The highest BCUT2D eigenvalue weighted by atomic mass is 19.1. The molecule has 2 aromatic rings. The molecular weight excluding hydrogens is 335 g/mol. The quantitative estimate of drug-likeness (QED) is 0.806. The van der Waals surface area contributed by atoms with Gasteiger partial charge < -0.3 is 15.0 Å². The van der Waals surface area contributed by atoms with Gasteiger partial charge >= 0.3 is 0 Å². The van der Waals surface area contributed by atoms with Crippen molar-refractivity contribution >= 4 is 23.2 Å². The molecule has 0 saturated carbocycles. The molecule has 1 aliphatic heterocycles. The third-order valence-corrected chi connectivity index (χ3v) is 4.38. The molecule has 0 radical (unpaired) electrons. The molecule has 6 heteroatoms. The highest BCUT2D eigenvalue weighted by Crippen LogP contribution is 2.38. The van der Waals surface area contributed by atoms with Gasteiger partial charge in [0.25, 0.3) is 5.91 Å². The van der Waals surface area contributed by atoms with E-state index in [-0.39, 0.29) is 24.2 Å². The summed E-state index contributed by atoms with van der Waals surface area (Å²) >= 11 is 0. The van der Waals surface area contributed by atoms with Crippen molar-refractivity contribution in [3.05, 3.63) is 53.8 Å². The maximum absolute atomic E-state index is 12.9. The lowest BCUT2D eigenvalue weighted by atomic mass is 10.1. The first-order chi connectivity index (χ1) is 12.5. The Kier molecular flexibility index (Phi) is 5.51. The summed E-state index contributed by atoms with van der Waals surface area (Å²) in [6, 6.07) is 11.7. The number of halogens is 1. The van der Waals surface area contributed by atoms with Crippen LogP contribution in [0.1, 0.15) is 24.8 Å². The highest BCUT2D eigenvalue weighted by molar-refractivity contribution is 6.01. The second-order valence-electron chi connectivity index (χ2n) is 6.28. The molecule has 0 saturated heterocycles. The number of nitrogens with one attached hydrogen (secondary N) is 1. The molecule has 0 fully saturated rings. The number of benzene rings is 2. The average molecular weight is 356 g/mol. The number of para-hydroxylation sites is 1. The smallest absolute Gasteiger partial charge is 0.264 e. The first-order valence-corrected chi connectivity index (χ1v) is 8.61. The van der Waals surface area contributed by atoms with Crippen LogP contribution in [0.15, 0.2) is 42.5 Å². The fourth-order valence-electron chi connectivity index (χ4n) is 2.88. The van der Waals surface area contributed by atoms with Crippen molar-refractivity contribution in [2.45, 2.75) is 25.7 Å². The van der Waals surface area contributed by atoms with Crippen molar-refractivity contribution in [2.24, 2.45) is 0 Å². The lowest BCUT2D eigenvalue weighted by Crippen LogP contribution is -2.35. The van der Waals surface area contributed by atoms with Gasteiger partial charge in [0.05, 0.1) is 11.4 Å². The minimum Gasteiger partial charge on any atom is -0.479 e. The fraction of sp³-hybridized carbons (Fsp3) is 0.300. The Balaban J connectivity index is 1.51. The van der Waals surface area contributed by atoms with Crippen LogP contribution in [0.5, 0.6) is 5.75 Å². The van der Waals surface area contributed by atoms with Gasteiger partial charge in [-0.1, -0.05) is 18.2 Å². The molecule has 0 unspecified atom stereocenters. The maximum Gasteiger partial charge on any atom is 0.264 e. The molecule has 0 aliphatic carbocycles. The number of carbonyl (C=O) groups is 2. The van der Waals surface area contributed by atoms with E-state index in [4.69, 9.17) is 4.74 Å². The van der Waals surface area contributed by atoms with Crippen LogP contribution in [0.2, 0.25) is 0 Å². The number of rotatable bonds is 6. The summed E-state index contributed by atoms with van der Waals surface area (Å²) in [5.74, 6) is 0.0607. The monoisotopic (exact) mass is 356 g/mol. The number of aryl methyl sites for hydroxylation is 1. The number of amides is 2. The van der Waals surface area contributed by atoms with E-state index >= 15 is 0 Å². The summed E-state index contributed by atoms with van der Waals surface area (Å²) in [4.78, 5) is 25.4. The number of carbonyl (C=O) groups excluding carboxylic acids is 2. The predicted octanol–water partition coefficient (Wildman–Crippen LogP) is 3.53. The number of hydrogen-bond donors (Lipinski definition) is 1. The van der Waals surface area contributed by atoms with Crippen LogP contribution < -0.4 is 15.0 Å². The number of ether oxygens (including phenoxy) is 1. The number of anilines is 2. The van der Waals surface area contributed by atoms with Crippen molar-refractivity contribution in [1.82, 2.24) is 0 Å². The summed E-state index contributed by atoms with van der Waals surface area (Å²) in [5.41, 5.74) is 2.28. The van der Waals surface area contributed by atoms with E-state index in [1.165, 1.54) is 17.0 Å². The second kappa shape index (κ2) is 7.99. The van der Waals surface area contributed by atoms with E-state index < -0.39 is 0 Å². The van der Waals surface area contributed by atoms with Gasteiger partial charge in [-0.2, -0.15) is 0 Å². The largest absolute Gasteiger partial charge is 0.479 e. The van der Waals surface area contributed by atoms with Crippen molar-refractivity contribution in [2.75, 3.05) is 23.9 Å². The van der Waals surface area contributed by atoms with Crippen molar-refractivity contribution < 1.29 is 18.7 Å². The minimum absolute atomic E-state index is 0.0337. The van der Waals surface area contributed by atoms with E-state index in [0.29, 0.717) is 23.5 Å². The summed E-state index contributed by atoms with van der Waals surface area (Å²) in [6.07, 6.45) is 2.78. The number of fused-ring (bicyclic) bond motifs is 1. The lowest BCUT2D eigenvalue weighted by molar-refractivity contribution is -0.121. The van der Waals surface area contributed by atoms with Crippen LogP contribution >= 0.6 is 0 Å². The molecule has 5 nitrogen and oxygen atoms in total.